The van der Waals surface area contributed by atoms with Gasteiger partial charge in [0, 0.05) is 18.2 Å². The summed E-state index contributed by atoms with van der Waals surface area (Å²) in [6.45, 7) is 5.48. The summed E-state index contributed by atoms with van der Waals surface area (Å²) < 4.78 is 7.47. The third kappa shape index (κ3) is 4.10. The third-order valence-corrected chi connectivity index (χ3v) is 4.90. The molecule has 140 valence electrons. The van der Waals surface area contributed by atoms with Gasteiger partial charge in [0.2, 0.25) is 0 Å². The Labute approximate surface area is 159 Å². The van der Waals surface area contributed by atoms with Crippen LogP contribution in [0.15, 0.2) is 24.3 Å². The fraction of sp³-hybridized carbons (Fsp3) is 0.500. The molecule has 1 unspecified atom stereocenters. The monoisotopic (exact) mass is 375 g/mol. The van der Waals surface area contributed by atoms with Gasteiger partial charge < -0.3 is 10.1 Å². The average molecular weight is 376 g/mol. The number of carbonyl (C=O) groups is 1. The Morgan fingerprint density at radius 1 is 1.42 bits per heavy atom. The number of rotatable bonds is 7. The Morgan fingerprint density at radius 2 is 2.27 bits per heavy atom. The van der Waals surface area contributed by atoms with Gasteiger partial charge in [0.1, 0.15) is 0 Å². The Kier molecular flexibility index (Phi) is 6.33. The van der Waals surface area contributed by atoms with Gasteiger partial charge in [-0.05, 0) is 43.9 Å². The quantitative estimate of drug-likeness (QED) is 0.797. The van der Waals surface area contributed by atoms with Crippen LogP contribution in [0.3, 0.4) is 0 Å². The van der Waals surface area contributed by atoms with E-state index < -0.39 is 0 Å². The molecule has 0 spiro atoms. The highest BCUT2D eigenvalue weighted by Crippen LogP contribution is 2.23. The Hall–Kier alpha value is -1.85. The van der Waals surface area contributed by atoms with Crippen LogP contribution in [0.4, 0.5) is 0 Å². The van der Waals surface area contributed by atoms with E-state index in [0.717, 1.165) is 49.4 Å². The van der Waals surface area contributed by atoms with Gasteiger partial charge in [0.25, 0.3) is 5.91 Å². The van der Waals surface area contributed by atoms with Gasteiger partial charge in [-0.2, -0.15) is 5.10 Å². The van der Waals surface area contributed by atoms with Crippen LogP contribution in [0.2, 0.25) is 5.02 Å². The van der Waals surface area contributed by atoms with Gasteiger partial charge in [-0.3, -0.25) is 4.79 Å². The van der Waals surface area contributed by atoms with E-state index in [1.165, 1.54) is 0 Å². The van der Waals surface area contributed by atoms with Crippen molar-refractivity contribution in [3.63, 3.8) is 0 Å². The van der Waals surface area contributed by atoms with E-state index in [0.29, 0.717) is 23.6 Å². The third-order valence-electron chi connectivity index (χ3n) is 4.67. The molecule has 3 rings (SSSR count). The number of nitrogens with one attached hydrogen (secondary N) is 1. The summed E-state index contributed by atoms with van der Waals surface area (Å²) >= 11 is 6.15. The molecule has 0 bridgehead atoms. The van der Waals surface area contributed by atoms with E-state index in [1.807, 2.05) is 35.9 Å². The van der Waals surface area contributed by atoms with Crippen LogP contribution in [0, 0.1) is 0 Å². The molecule has 0 radical (unpaired) electrons. The first kappa shape index (κ1) is 18.9. The summed E-state index contributed by atoms with van der Waals surface area (Å²) in [7, 11) is 0. The molecule has 1 aliphatic heterocycles. The molecular weight excluding hydrogens is 350 g/mol. The molecular formula is C20H26ClN3O2. The van der Waals surface area contributed by atoms with Gasteiger partial charge in [-0.15, -0.1) is 0 Å². The van der Waals surface area contributed by atoms with E-state index in [9.17, 15) is 4.79 Å². The normalized spacial score (nSPS) is 16.8. The lowest BCUT2D eigenvalue weighted by Crippen LogP contribution is -2.32. The lowest BCUT2D eigenvalue weighted by molar-refractivity contribution is 0.0856. The maximum absolute atomic E-state index is 12.9. The molecule has 6 heteroatoms. The molecule has 2 heterocycles. The van der Waals surface area contributed by atoms with Gasteiger partial charge in [0.05, 0.1) is 28.7 Å². The van der Waals surface area contributed by atoms with Crippen LogP contribution in [-0.4, -0.2) is 34.9 Å². The lowest BCUT2D eigenvalue weighted by Gasteiger charge is -2.12. The number of aryl methyl sites for hydroxylation is 1. The number of hydrogen-bond acceptors (Lipinski definition) is 3. The molecule has 1 amide bonds. The minimum absolute atomic E-state index is 0.0610. The minimum Gasteiger partial charge on any atom is -0.376 e. The second kappa shape index (κ2) is 8.69. The molecule has 1 N–H and O–H groups in total. The second-order valence-electron chi connectivity index (χ2n) is 6.61. The van der Waals surface area contributed by atoms with Crippen molar-refractivity contribution in [3.05, 3.63) is 46.2 Å². The van der Waals surface area contributed by atoms with Crippen molar-refractivity contribution < 1.29 is 9.53 Å². The number of carbonyl (C=O) groups excluding carboxylic acids is 1. The summed E-state index contributed by atoms with van der Waals surface area (Å²) in [5.41, 5.74) is 3.34. The van der Waals surface area contributed by atoms with Gasteiger partial charge in [-0.1, -0.05) is 37.9 Å². The minimum atomic E-state index is -0.0610. The number of hydrogen-bond donors (Lipinski definition) is 1. The predicted molar refractivity (Wildman–Crippen MR) is 103 cm³/mol. The Bertz CT molecular complexity index is 766. The van der Waals surface area contributed by atoms with Crippen molar-refractivity contribution in [1.82, 2.24) is 15.1 Å². The first-order valence-corrected chi connectivity index (χ1v) is 9.78. The molecule has 0 aliphatic carbocycles. The molecule has 0 saturated carbocycles. The SMILES string of the molecule is CCCc1nn(-c2cccc(Cl)c2)c(CC)c1C(=O)NCC1CCCO1. The van der Waals surface area contributed by atoms with Crippen LogP contribution in [-0.2, 0) is 17.6 Å². The Balaban J connectivity index is 1.92. The molecule has 5 nitrogen and oxygen atoms in total. The van der Waals surface area contributed by atoms with E-state index in [1.54, 1.807) is 0 Å². The topological polar surface area (TPSA) is 56.2 Å². The highest BCUT2D eigenvalue weighted by molar-refractivity contribution is 6.30. The number of benzene rings is 1. The summed E-state index contributed by atoms with van der Waals surface area (Å²) in [5, 5.41) is 8.45. The van der Waals surface area contributed by atoms with E-state index >= 15 is 0 Å². The van der Waals surface area contributed by atoms with E-state index in [-0.39, 0.29) is 12.0 Å². The standard InChI is InChI=1S/C20H26ClN3O2/c1-3-7-17-19(20(25)22-13-16-10-6-11-26-16)18(4-2)24(23-17)15-9-5-8-14(21)12-15/h5,8-9,12,16H,3-4,6-7,10-11,13H2,1-2H3,(H,22,25). The zero-order valence-corrected chi connectivity index (χ0v) is 16.2. The van der Waals surface area contributed by atoms with Gasteiger partial charge in [-0.25, -0.2) is 4.68 Å². The van der Waals surface area contributed by atoms with Crippen molar-refractivity contribution >= 4 is 17.5 Å². The van der Waals surface area contributed by atoms with Crippen LogP contribution < -0.4 is 5.32 Å². The van der Waals surface area contributed by atoms with Crippen molar-refractivity contribution in [1.29, 1.82) is 0 Å². The van der Waals surface area contributed by atoms with Crippen LogP contribution in [0.1, 0.15) is 54.9 Å². The number of halogens is 1. The van der Waals surface area contributed by atoms with Crippen molar-refractivity contribution in [2.45, 2.75) is 52.1 Å². The molecule has 26 heavy (non-hydrogen) atoms. The Morgan fingerprint density at radius 3 is 2.92 bits per heavy atom. The fourth-order valence-electron chi connectivity index (χ4n) is 3.43. The highest BCUT2D eigenvalue weighted by atomic mass is 35.5. The summed E-state index contributed by atoms with van der Waals surface area (Å²) in [6.07, 6.45) is 4.61. The first-order valence-electron chi connectivity index (χ1n) is 9.40. The molecule has 1 fully saturated rings. The number of aromatic nitrogens is 2. The summed E-state index contributed by atoms with van der Waals surface area (Å²) in [4.78, 5) is 12.9. The number of nitrogens with zero attached hydrogens (tertiary/aromatic N) is 2. The van der Waals surface area contributed by atoms with Gasteiger partial charge in [0.15, 0.2) is 0 Å². The zero-order chi connectivity index (χ0) is 18.5. The van der Waals surface area contributed by atoms with E-state index in [2.05, 4.69) is 12.2 Å². The molecule has 1 aromatic carbocycles. The maximum Gasteiger partial charge on any atom is 0.255 e. The average Bonchev–Trinajstić information content (AvgIpc) is 3.27. The predicted octanol–water partition coefficient (Wildman–Crippen LogP) is 3.95. The molecule has 1 saturated heterocycles. The first-order chi connectivity index (χ1) is 12.6. The van der Waals surface area contributed by atoms with Crippen molar-refractivity contribution in [2.24, 2.45) is 0 Å². The molecule has 1 atom stereocenters. The highest BCUT2D eigenvalue weighted by Gasteiger charge is 2.24. The smallest absolute Gasteiger partial charge is 0.255 e. The maximum atomic E-state index is 12.9. The van der Waals surface area contributed by atoms with Gasteiger partial charge >= 0.3 is 0 Å². The molecule has 1 aromatic heterocycles. The van der Waals surface area contributed by atoms with Crippen LogP contribution in [0.5, 0.6) is 0 Å². The molecule has 2 aromatic rings. The number of amides is 1. The molecule has 1 aliphatic rings. The summed E-state index contributed by atoms with van der Waals surface area (Å²) in [5.74, 6) is -0.0610. The van der Waals surface area contributed by atoms with Crippen LogP contribution in [0.25, 0.3) is 5.69 Å². The lowest BCUT2D eigenvalue weighted by atomic mass is 10.1. The second-order valence-corrected chi connectivity index (χ2v) is 7.05. The largest absolute Gasteiger partial charge is 0.376 e. The summed E-state index contributed by atoms with van der Waals surface area (Å²) in [6, 6.07) is 7.57. The number of ether oxygens (including phenoxy) is 1. The van der Waals surface area contributed by atoms with Crippen molar-refractivity contribution in [3.8, 4) is 5.69 Å². The van der Waals surface area contributed by atoms with Crippen molar-refractivity contribution in [2.75, 3.05) is 13.2 Å². The fourth-order valence-corrected chi connectivity index (χ4v) is 3.61. The van der Waals surface area contributed by atoms with E-state index in [4.69, 9.17) is 21.4 Å². The van der Waals surface area contributed by atoms with Crippen LogP contribution >= 0.6 is 11.6 Å². The zero-order valence-electron chi connectivity index (χ0n) is 15.4.